The molecule has 0 aliphatic carbocycles. The van der Waals surface area contributed by atoms with Crippen molar-refractivity contribution in [3.8, 4) is 0 Å². The molecular formula is C10H17FNO+. The van der Waals surface area contributed by atoms with Gasteiger partial charge in [-0.05, 0) is 6.08 Å². The smallest absolute Gasteiger partial charge is 0.259 e. The topological polar surface area (TPSA) is 23.2 Å². The fourth-order valence-corrected chi connectivity index (χ4v) is 1.67. The van der Waals surface area contributed by atoms with Crippen LogP contribution in [0.25, 0.3) is 0 Å². The van der Waals surface area contributed by atoms with E-state index in [9.17, 15) is 9.50 Å². The van der Waals surface area contributed by atoms with E-state index in [1.54, 1.807) is 24.5 Å². The lowest BCUT2D eigenvalue weighted by atomic mass is 10.1. The van der Waals surface area contributed by atoms with Crippen LogP contribution in [0.5, 0.6) is 0 Å². The van der Waals surface area contributed by atoms with Crippen molar-refractivity contribution in [2.45, 2.75) is 39.3 Å². The summed E-state index contributed by atoms with van der Waals surface area (Å²) in [7, 11) is 0. The number of hydrogen-bond donors (Lipinski definition) is 1. The summed E-state index contributed by atoms with van der Waals surface area (Å²) in [6.45, 7) is 5.95. The minimum atomic E-state index is -0.961. The highest BCUT2D eigenvalue weighted by Gasteiger charge is 2.33. The second kappa shape index (κ2) is 3.58. The summed E-state index contributed by atoms with van der Waals surface area (Å²) in [5.74, 6) is -0.184. The first-order valence-corrected chi connectivity index (χ1v) is 4.68. The Labute approximate surface area is 78.4 Å². The van der Waals surface area contributed by atoms with E-state index >= 15 is 0 Å². The molecule has 0 saturated carbocycles. The van der Waals surface area contributed by atoms with E-state index in [0.29, 0.717) is 25.1 Å². The highest BCUT2D eigenvalue weighted by molar-refractivity contribution is 5.94. The Bertz CT molecular complexity index is 261. The Kier molecular flexibility index (Phi) is 2.86. The second-order valence-electron chi connectivity index (χ2n) is 3.79. The Hall–Kier alpha value is -0.700. The zero-order valence-electron chi connectivity index (χ0n) is 8.47. The molecule has 0 saturated heterocycles. The van der Waals surface area contributed by atoms with Crippen molar-refractivity contribution in [1.82, 2.24) is 0 Å². The molecule has 1 aliphatic rings. The van der Waals surface area contributed by atoms with E-state index in [2.05, 4.69) is 0 Å². The molecule has 0 aromatic heterocycles. The SMILES string of the molecule is CCC1=[N+](C(C)(C)O)CCC=C1F. The summed E-state index contributed by atoms with van der Waals surface area (Å²) < 4.78 is 15.0. The highest BCUT2D eigenvalue weighted by Crippen LogP contribution is 2.16. The summed E-state index contributed by atoms with van der Waals surface area (Å²) in [6.07, 6.45) is 2.87. The molecule has 74 valence electrons. The monoisotopic (exact) mass is 186 g/mol. The van der Waals surface area contributed by atoms with Crippen LogP contribution < -0.4 is 0 Å². The Morgan fingerprint density at radius 2 is 2.23 bits per heavy atom. The molecule has 1 rings (SSSR count). The van der Waals surface area contributed by atoms with Crippen molar-refractivity contribution in [2.75, 3.05) is 6.54 Å². The molecule has 1 heterocycles. The van der Waals surface area contributed by atoms with Gasteiger partial charge in [-0.3, -0.25) is 0 Å². The maximum Gasteiger partial charge on any atom is 0.259 e. The lowest BCUT2D eigenvalue weighted by Gasteiger charge is -2.21. The van der Waals surface area contributed by atoms with Gasteiger partial charge in [-0.1, -0.05) is 6.92 Å². The van der Waals surface area contributed by atoms with Gasteiger partial charge in [0.1, 0.15) is 6.54 Å². The molecule has 0 amide bonds. The molecule has 2 nitrogen and oxygen atoms in total. The van der Waals surface area contributed by atoms with Crippen LogP contribution in [0.15, 0.2) is 11.9 Å². The molecular weight excluding hydrogens is 169 g/mol. The third kappa shape index (κ3) is 2.15. The van der Waals surface area contributed by atoms with E-state index in [4.69, 9.17) is 0 Å². The minimum absolute atomic E-state index is 0.184. The van der Waals surface area contributed by atoms with Crippen molar-refractivity contribution in [1.29, 1.82) is 0 Å². The minimum Gasteiger partial charge on any atom is -0.335 e. The van der Waals surface area contributed by atoms with Crippen LogP contribution in [-0.4, -0.2) is 27.7 Å². The maximum absolute atomic E-state index is 13.3. The van der Waals surface area contributed by atoms with Gasteiger partial charge in [0.2, 0.25) is 5.71 Å². The maximum atomic E-state index is 13.3. The molecule has 0 atom stereocenters. The van der Waals surface area contributed by atoms with Crippen molar-refractivity contribution >= 4 is 5.71 Å². The van der Waals surface area contributed by atoms with Gasteiger partial charge in [-0.2, -0.15) is 0 Å². The van der Waals surface area contributed by atoms with Gasteiger partial charge in [0.15, 0.2) is 5.83 Å². The van der Waals surface area contributed by atoms with Crippen molar-refractivity contribution in [2.24, 2.45) is 0 Å². The fourth-order valence-electron chi connectivity index (χ4n) is 1.67. The first-order valence-electron chi connectivity index (χ1n) is 4.68. The van der Waals surface area contributed by atoms with E-state index < -0.39 is 5.72 Å². The molecule has 0 radical (unpaired) electrons. The normalized spacial score (nSPS) is 19.0. The summed E-state index contributed by atoms with van der Waals surface area (Å²) in [5, 5.41) is 9.77. The number of nitrogens with zero attached hydrogens (tertiary/aromatic N) is 1. The average molecular weight is 186 g/mol. The second-order valence-corrected chi connectivity index (χ2v) is 3.79. The number of hydrogen-bond acceptors (Lipinski definition) is 1. The van der Waals surface area contributed by atoms with Gasteiger partial charge >= 0.3 is 0 Å². The molecule has 3 heteroatoms. The molecule has 0 spiro atoms. The lowest BCUT2D eigenvalue weighted by Crippen LogP contribution is -2.42. The zero-order chi connectivity index (χ0) is 10.1. The van der Waals surface area contributed by atoms with Gasteiger partial charge in [-0.25, -0.2) is 8.97 Å². The van der Waals surface area contributed by atoms with E-state index in [1.807, 2.05) is 6.92 Å². The third-order valence-corrected chi connectivity index (χ3v) is 2.27. The lowest BCUT2D eigenvalue weighted by molar-refractivity contribution is -0.650. The van der Waals surface area contributed by atoms with E-state index in [-0.39, 0.29) is 5.83 Å². The molecule has 0 fully saturated rings. The van der Waals surface area contributed by atoms with Crippen molar-refractivity contribution in [3.05, 3.63) is 11.9 Å². The fraction of sp³-hybridized carbons (Fsp3) is 0.700. The van der Waals surface area contributed by atoms with Gasteiger partial charge in [0.25, 0.3) is 5.72 Å². The van der Waals surface area contributed by atoms with Crippen LogP contribution >= 0.6 is 0 Å². The van der Waals surface area contributed by atoms with Crippen LogP contribution in [0.4, 0.5) is 4.39 Å². The largest absolute Gasteiger partial charge is 0.335 e. The summed E-state index contributed by atoms with van der Waals surface area (Å²) in [4.78, 5) is 0. The Balaban J connectivity index is 3.09. The van der Waals surface area contributed by atoms with E-state index in [0.717, 1.165) is 0 Å². The summed E-state index contributed by atoms with van der Waals surface area (Å²) in [6, 6.07) is 0. The predicted molar refractivity (Wildman–Crippen MR) is 50.5 cm³/mol. The third-order valence-electron chi connectivity index (χ3n) is 2.27. The predicted octanol–water partition coefficient (Wildman–Crippen LogP) is 1.84. The summed E-state index contributed by atoms with van der Waals surface area (Å²) in [5.41, 5.74) is -0.351. The number of rotatable bonds is 2. The van der Waals surface area contributed by atoms with Crippen LogP contribution in [0.3, 0.4) is 0 Å². The van der Waals surface area contributed by atoms with Crippen molar-refractivity contribution < 1.29 is 14.1 Å². The molecule has 0 unspecified atom stereocenters. The standard InChI is InChI=1S/C10H17FNO/c1-4-9-8(11)6-5-7-12(9)10(2,3)13/h6,13H,4-5,7H2,1-3H3/q+1. The average Bonchev–Trinajstić information content (AvgIpc) is 2.02. The molecule has 1 aliphatic heterocycles. The quantitative estimate of drug-likeness (QED) is 0.653. The van der Waals surface area contributed by atoms with Gasteiger partial charge in [0, 0.05) is 26.7 Å². The summed E-state index contributed by atoms with van der Waals surface area (Å²) >= 11 is 0. The molecule has 0 aromatic carbocycles. The Morgan fingerprint density at radius 3 is 2.62 bits per heavy atom. The van der Waals surface area contributed by atoms with Crippen LogP contribution in [0, 0.1) is 0 Å². The highest BCUT2D eigenvalue weighted by atomic mass is 19.1. The van der Waals surface area contributed by atoms with Gasteiger partial charge in [0.05, 0.1) is 0 Å². The Morgan fingerprint density at radius 1 is 1.62 bits per heavy atom. The van der Waals surface area contributed by atoms with E-state index in [1.165, 1.54) is 0 Å². The molecule has 13 heavy (non-hydrogen) atoms. The van der Waals surface area contributed by atoms with Crippen molar-refractivity contribution in [3.63, 3.8) is 0 Å². The van der Waals surface area contributed by atoms with Crippen LogP contribution in [-0.2, 0) is 0 Å². The molecule has 1 N–H and O–H groups in total. The van der Waals surface area contributed by atoms with Crippen LogP contribution in [0.1, 0.15) is 33.6 Å². The number of allylic oxidation sites excluding steroid dienone is 1. The van der Waals surface area contributed by atoms with Gasteiger partial charge in [-0.15, -0.1) is 0 Å². The van der Waals surface area contributed by atoms with Gasteiger partial charge < -0.3 is 5.11 Å². The number of halogens is 1. The molecule has 0 aromatic rings. The number of aliphatic hydroxyl groups is 1. The zero-order valence-corrected chi connectivity index (χ0v) is 8.47. The first kappa shape index (κ1) is 10.4. The molecule has 0 bridgehead atoms. The first-order chi connectivity index (χ1) is 5.96. The van der Waals surface area contributed by atoms with Crippen LogP contribution in [0.2, 0.25) is 0 Å².